The maximum Gasteiger partial charge on any atom is 0.253 e. The largest absolute Gasteiger partial charge is 0.497 e. The van der Waals surface area contributed by atoms with Crippen LogP contribution in [0.5, 0.6) is 11.5 Å². The second-order valence-electron chi connectivity index (χ2n) is 8.42. The number of hydrogen-bond acceptors (Lipinski definition) is 6. The number of fused-ring (bicyclic) bond motifs is 1. The fourth-order valence-electron chi connectivity index (χ4n) is 4.20. The fraction of sp³-hybridized carbons (Fsp3) is 0.286. The number of imidazole rings is 1. The van der Waals surface area contributed by atoms with Crippen LogP contribution in [0.4, 0.5) is 5.82 Å². The molecule has 8 heteroatoms. The number of carbonyl (C=O) groups excluding carboxylic acids is 1. The Morgan fingerprint density at radius 1 is 1.00 bits per heavy atom. The van der Waals surface area contributed by atoms with Crippen LogP contribution >= 0.6 is 0 Å². The minimum absolute atomic E-state index is 0.168. The molecule has 1 N–H and O–H groups in total. The number of pyridine rings is 1. The lowest BCUT2D eigenvalue weighted by molar-refractivity contribution is 0.0950. The van der Waals surface area contributed by atoms with E-state index in [4.69, 9.17) is 19.2 Å². The molecule has 4 rings (SSSR count). The topological polar surface area (TPSA) is 77.3 Å². The summed E-state index contributed by atoms with van der Waals surface area (Å²) in [5.74, 6) is 2.32. The van der Waals surface area contributed by atoms with Crippen LogP contribution in [-0.2, 0) is 17.8 Å². The van der Waals surface area contributed by atoms with Crippen LogP contribution in [0.15, 0.2) is 66.9 Å². The number of anilines is 1. The van der Waals surface area contributed by atoms with E-state index in [1.807, 2.05) is 72.1 Å². The summed E-state index contributed by atoms with van der Waals surface area (Å²) >= 11 is 0. The SMILES string of the molecule is COCCN(Cc1ccc(OC)cc1)c1c(C)nc2ccc(C(=O)NCc3ccccc3OC)cn12. The molecule has 0 atom stereocenters. The van der Waals surface area contributed by atoms with Crippen LogP contribution in [0.25, 0.3) is 5.65 Å². The average molecular weight is 489 g/mol. The zero-order valence-corrected chi connectivity index (χ0v) is 21.2. The average Bonchev–Trinajstić information content (AvgIpc) is 3.24. The van der Waals surface area contributed by atoms with Crippen molar-refractivity contribution in [2.75, 3.05) is 39.4 Å². The van der Waals surface area contributed by atoms with Gasteiger partial charge in [0, 0.05) is 38.5 Å². The summed E-state index contributed by atoms with van der Waals surface area (Å²) in [4.78, 5) is 20.0. The van der Waals surface area contributed by atoms with Gasteiger partial charge in [-0.05, 0) is 42.8 Å². The molecule has 8 nitrogen and oxygen atoms in total. The minimum atomic E-state index is -0.168. The first kappa shape index (κ1) is 25.1. The number of nitrogens with zero attached hydrogens (tertiary/aromatic N) is 3. The first-order valence-corrected chi connectivity index (χ1v) is 11.8. The zero-order chi connectivity index (χ0) is 25.5. The molecule has 188 valence electrons. The van der Waals surface area contributed by atoms with Gasteiger partial charge < -0.3 is 24.4 Å². The molecule has 0 saturated heterocycles. The van der Waals surface area contributed by atoms with Crippen molar-refractivity contribution in [3.63, 3.8) is 0 Å². The van der Waals surface area contributed by atoms with Gasteiger partial charge in [-0.2, -0.15) is 0 Å². The number of aryl methyl sites for hydroxylation is 1. The summed E-state index contributed by atoms with van der Waals surface area (Å²) in [7, 11) is 4.97. The third-order valence-electron chi connectivity index (χ3n) is 6.05. The van der Waals surface area contributed by atoms with Crippen molar-refractivity contribution in [2.24, 2.45) is 0 Å². The van der Waals surface area contributed by atoms with Crippen LogP contribution in [0.2, 0.25) is 0 Å². The first-order valence-electron chi connectivity index (χ1n) is 11.8. The van der Waals surface area contributed by atoms with Gasteiger partial charge in [0.15, 0.2) is 0 Å². The molecule has 2 aromatic carbocycles. The number of para-hydroxylation sites is 1. The van der Waals surface area contributed by atoms with Crippen LogP contribution in [0, 0.1) is 6.92 Å². The van der Waals surface area contributed by atoms with E-state index in [0.717, 1.165) is 39.8 Å². The van der Waals surface area contributed by atoms with Crippen LogP contribution in [0.1, 0.15) is 27.2 Å². The molecule has 0 aliphatic heterocycles. The summed E-state index contributed by atoms with van der Waals surface area (Å²) in [5, 5.41) is 3.00. The van der Waals surface area contributed by atoms with E-state index in [0.29, 0.717) is 31.8 Å². The molecule has 0 spiro atoms. The van der Waals surface area contributed by atoms with Gasteiger partial charge in [0.2, 0.25) is 0 Å². The minimum Gasteiger partial charge on any atom is -0.497 e. The van der Waals surface area contributed by atoms with Crippen molar-refractivity contribution >= 4 is 17.4 Å². The standard InChI is InChI=1S/C28H32N4O4/c1-20-28(31(15-16-34-2)18-21-9-12-24(35-3)13-10-21)32-19-23(11-14-26(32)30-20)27(33)29-17-22-7-5-6-8-25(22)36-4/h5-14,19H,15-18H2,1-4H3,(H,29,33). The van der Waals surface area contributed by atoms with Gasteiger partial charge in [-0.15, -0.1) is 0 Å². The van der Waals surface area contributed by atoms with Crippen molar-refractivity contribution in [2.45, 2.75) is 20.0 Å². The van der Waals surface area contributed by atoms with E-state index in [1.54, 1.807) is 27.4 Å². The highest BCUT2D eigenvalue weighted by atomic mass is 16.5. The second-order valence-corrected chi connectivity index (χ2v) is 8.42. The maximum absolute atomic E-state index is 13.0. The lowest BCUT2D eigenvalue weighted by atomic mass is 10.2. The number of benzene rings is 2. The Morgan fingerprint density at radius 3 is 2.50 bits per heavy atom. The Morgan fingerprint density at radius 2 is 1.78 bits per heavy atom. The molecular weight excluding hydrogens is 456 g/mol. The number of amides is 1. The monoisotopic (exact) mass is 488 g/mol. The Labute approximate surface area is 211 Å². The quantitative estimate of drug-likeness (QED) is 0.340. The molecule has 0 fully saturated rings. The van der Waals surface area contributed by atoms with E-state index in [1.165, 1.54) is 0 Å². The number of hydrogen-bond donors (Lipinski definition) is 1. The molecule has 1 amide bonds. The molecule has 0 bridgehead atoms. The summed E-state index contributed by atoms with van der Waals surface area (Å²) < 4.78 is 18.0. The van der Waals surface area contributed by atoms with Gasteiger partial charge in [-0.25, -0.2) is 4.98 Å². The van der Waals surface area contributed by atoms with Crippen LogP contribution in [0.3, 0.4) is 0 Å². The van der Waals surface area contributed by atoms with Gasteiger partial charge in [-0.3, -0.25) is 9.20 Å². The van der Waals surface area contributed by atoms with E-state index in [-0.39, 0.29) is 5.91 Å². The van der Waals surface area contributed by atoms with E-state index in [9.17, 15) is 4.79 Å². The summed E-state index contributed by atoms with van der Waals surface area (Å²) in [6, 6.07) is 19.3. The van der Waals surface area contributed by atoms with Crippen molar-refractivity contribution in [3.8, 4) is 11.5 Å². The number of rotatable bonds is 11. The van der Waals surface area contributed by atoms with Crippen molar-refractivity contribution in [1.29, 1.82) is 0 Å². The predicted octanol–water partition coefficient (Wildman–Crippen LogP) is 4.24. The lowest BCUT2D eigenvalue weighted by Crippen LogP contribution is -2.29. The third-order valence-corrected chi connectivity index (χ3v) is 6.05. The third kappa shape index (κ3) is 5.60. The fourth-order valence-corrected chi connectivity index (χ4v) is 4.20. The highest BCUT2D eigenvalue weighted by Crippen LogP contribution is 2.25. The molecule has 0 aliphatic rings. The summed E-state index contributed by atoms with van der Waals surface area (Å²) in [6.07, 6.45) is 1.84. The lowest BCUT2D eigenvalue weighted by Gasteiger charge is -2.25. The molecule has 4 aromatic rings. The summed E-state index contributed by atoms with van der Waals surface area (Å²) in [6.45, 7) is 4.24. The molecule has 0 aliphatic carbocycles. The van der Waals surface area contributed by atoms with Crippen molar-refractivity contribution < 1.29 is 19.0 Å². The van der Waals surface area contributed by atoms with E-state index >= 15 is 0 Å². The zero-order valence-electron chi connectivity index (χ0n) is 21.2. The maximum atomic E-state index is 13.0. The van der Waals surface area contributed by atoms with E-state index < -0.39 is 0 Å². The first-order chi connectivity index (χ1) is 17.5. The number of aromatic nitrogens is 2. The van der Waals surface area contributed by atoms with Crippen molar-refractivity contribution in [3.05, 3.63) is 89.2 Å². The van der Waals surface area contributed by atoms with Crippen molar-refractivity contribution in [1.82, 2.24) is 14.7 Å². The second kappa shape index (κ2) is 11.6. The molecule has 0 unspecified atom stereocenters. The molecule has 0 saturated carbocycles. The molecular formula is C28H32N4O4. The number of carbonyl (C=O) groups is 1. The number of methoxy groups -OCH3 is 3. The highest BCUT2D eigenvalue weighted by molar-refractivity contribution is 5.94. The van der Waals surface area contributed by atoms with E-state index in [2.05, 4.69) is 10.2 Å². The summed E-state index contributed by atoms with van der Waals surface area (Å²) in [5.41, 5.74) is 4.25. The van der Waals surface area contributed by atoms with Gasteiger partial charge in [0.05, 0.1) is 32.1 Å². The number of ether oxygens (including phenoxy) is 3. The smallest absolute Gasteiger partial charge is 0.253 e. The molecule has 0 radical (unpaired) electrons. The Balaban J connectivity index is 1.61. The molecule has 2 heterocycles. The Kier molecular flexibility index (Phi) is 8.07. The Bertz CT molecular complexity index is 1320. The predicted molar refractivity (Wildman–Crippen MR) is 140 cm³/mol. The van der Waals surface area contributed by atoms with Gasteiger partial charge >= 0.3 is 0 Å². The van der Waals surface area contributed by atoms with Gasteiger partial charge in [-0.1, -0.05) is 30.3 Å². The van der Waals surface area contributed by atoms with Crippen LogP contribution < -0.4 is 19.7 Å². The van der Waals surface area contributed by atoms with Gasteiger partial charge in [0.1, 0.15) is 23.0 Å². The molecule has 2 aromatic heterocycles. The Hall–Kier alpha value is -4.04. The van der Waals surface area contributed by atoms with Crippen LogP contribution in [-0.4, -0.2) is 49.8 Å². The van der Waals surface area contributed by atoms with Gasteiger partial charge in [0.25, 0.3) is 5.91 Å². The number of nitrogens with one attached hydrogen (secondary N) is 1. The highest BCUT2D eigenvalue weighted by Gasteiger charge is 2.18. The molecule has 36 heavy (non-hydrogen) atoms. The normalized spacial score (nSPS) is 10.9.